The van der Waals surface area contributed by atoms with Crippen molar-refractivity contribution in [3.05, 3.63) is 0 Å². The van der Waals surface area contributed by atoms with Gasteiger partial charge in [-0.1, -0.05) is 26.7 Å². The summed E-state index contributed by atoms with van der Waals surface area (Å²) in [4.78, 5) is 4.53. The number of unbranched alkanes of at least 4 members (excludes halogenated alkanes) is 2. The molecule has 0 saturated carbocycles. The molecule has 24 heavy (non-hydrogen) atoms. The quantitative estimate of drug-likeness (QED) is 0.241. The minimum Gasteiger partial charge on any atom is -0.381 e. The Bertz CT molecular complexity index is 276. The summed E-state index contributed by atoms with van der Waals surface area (Å²) in [6.45, 7) is 13.2. The van der Waals surface area contributed by atoms with E-state index in [-0.39, 0.29) is 0 Å². The van der Waals surface area contributed by atoms with Crippen LogP contribution in [-0.4, -0.2) is 65.2 Å². The van der Waals surface area contributed by atoms with Crippen molar-refractivity contribution >= 4 is 5.96 Å². The maximum Gasteiger partial charge on any atom is 0.191 e. The van der Waals surface area contributed by atoms with E-state index in [9.17, 15) is 0 Å². The zero-order chi connectivity index (χ0) is 17.7. The van der Waals surface area contributed by atoms with Crippen LogP contribution in [0.25, 0.3) is 0 Å². The predicted octanol–water partition coefficient (Wildman–Crippen LogP) is 2.58. The largest absolute Gasteiger partial charge is 0.381 e. The molecule has 0 amide bonds. The van der Waals surface area contributed by atoms with Gasteiger partial charge in [-0.25, -0.2) is 0 Å². The first-order chi connectivity index (χ1) is 11.8. The highest BCUT2D eigenvalue weighted by molar-refractivity contribution is 5.79. The van der Waals surface area contributed by atoms with E-state index in [4.69, 9.17) is 14.2 Å². The third-order valence-corrected chi connectivity index (χ3v) is 3.26. The summed E-state index contributed by atoms with van der Waals surface area (Å²) in [6.07, 6.45) is 5.55. The molecule has 0 aromatic rings. The van der Waals surface area contributed by atoms with Crippen LogP contribution in [0.15, 0.2) is 4.99 Å². The molecule has 6 heteroatoms. The molecule has 0 fully saturated rings. The molecule has 0 rings (SSSR count). The van der Waals surface area contributed by atoms with Crippen molar-refractivity contribution in [3.8, 4) is 0 Å². The predicted molar refractivity (Wildman–Crippen MR) is 101 cm³/mol. The molecule has 0 atom stereocenters. The highest BCUT2D eigenvalue weighted by Gasteiger charge is 1.97. The fraction of sp³-hybridized carbons (Fsp3) is 0.944. The van der Waals surface area contributed by atoms with Crippen LogP contribution in [0.2, 0.25) is 0 Å². The van der Waals surface area contributed by atoms with Crippen LogP contribution in [0.3, 0.4) is 0 Å². The van der Waals surface area contributed by atoms with Gasteiger partial charge < -0.3 is 24.8 Å². The smallest absolute Gasteiger partial charge is 0.191 e. The summed E-state index contributed by atoms with van der Waals surface area (Å²) >= 11 is 0. The number of ether oxygens (including phenoxy) is 3. The van der Waals surface area contributed by atoms with E-state index < -0.39 is 0 Å². The molecule has 0 saturated heterocycles. The molecule has 144 valence electrons. The Balaban J connectivity index is 3.55. The number of nitrogens with one attached hydrogen (secondary N) is 2. The van der Waals surface area contributed by atoms with Crippen LogP contribution in [0.1, 0.15) is 52.9 Å². The lowest BCUT2D eigenvalue weighted by atomic mass is 10.4. The number of nitrogens with zero attached hydrogens (tertiary/aromatic N) is 1. The topological polar surface area (TPSA) is 64.1 Å². The van der Waals surface area contributed by atoms with Gasteiger partial charge in [0, 0.05) is 39.5 Å². The second kappa shape index (κ2) is 20.2. The molecular weight excluding hydrogens is 306 g/mol. The van der Waals surface area contributed by atoms with E-state index in [0.717, 1.165) is 64.7 Å². The molecule has 0 unspecified atom stereocenters. The first-order valence-electron chi connectivity index (χ1n) is 9.60. The third kappa shape index (κ3) is 17.5. The van der Waals surface area contributed by atoms with Gasteiger partial charge in [-0.15, -0.1) is 0 Å². The Morgan fingerprint density at radius 2 is 1.29 bits per heavy atom. The van der Waals surface area contributed by atoms with Crippen molar-refractivity contribution in [2.45, 2.75) is 52.9 Å². The molecule has 0 heterocycles. The summed E-state index contributed by atoms with van der Waals surface area (Å²) in [6, 6.07) is 0. The van der Waals surface area contributed by atoms with E-state index in [1.54, 1.807) is 0 Å². The average molecular weight is 346 g/mol. The number of hydrogen-bond donors (Lipinski definition) is 2. The van der Waals surface area contributed by atoms with Crippen LogP contribution in [0.5, 0.6) is 0 Å². The van der Waals surface area contributed by atoms with Crippen molar-refractivity contribution in [1.82, 2.24) is 10.6 Å². The lowest BCUT2D eigenvalue weighted by Gasteiger charge is -2.11. The van der Waals surface area contributed by atoms with E-state index in [1.165, 1.54) is 12.8 Å². The Kier molecular flexibility index (Phi) is 19.5. The molecule has 0 aromatic heterocycles. The molecule has 0 aliphatic rings. The lowest BCUT2D eigenvalue weighted by Crippen LogP contribution is -2.39. The summed E-state index contributed by atoms with van der Waals surface area (Å²) in [5.74, 6) is 0.842. The maximum absolute atomic E-state index is 5.53. The summed E-state index contributed by atoms with van der Waals surface area (Å²) in [7, 11) is 0. The van der Waals surface area contributed by atoms with Gasteiger partial charge in [0.15, 0.2) is 5.96 Å². The molecule has 0 aliphatic heterocycles. The minimum absolute atomic E-state index is 0.647. The highest BCUT2D eigenvalue weighted by atomic mass is 16.5. The van der Waals surface area contributed by atoms with Gasteiger partial charge in [-0.2, -0.15) is 0 Å². The molecular formula is C18H39N3O3. The standard InChI is InChI=1S/C18H39N3O3/c1-4-7-12-22-14-9-10-20-18(19-6-3)21-11-15-24-17-16-23-13-8-5-2/h4-17H2,1-3H3,(H2,19,20,21). The van der Waals surface area contributed by atoms with E-state index in [1.807, 2.05) is 0 Å². The van der Waals surface area contributed by atoms with Gasteiger partial charge in [0.1, 0.15) is 0 Å². The monoisotopic (exact) mass is 345 g/mol. The normalized spacial score (nSPS) is 11.7. The Hall–Kier alpha value is -0.850. The second-order valence-corrected chi connectivity index (χ2v) is 5.59. The SMILES string of the molecule is CCCCOCCCN=C(NCC)NCCOCCOCCCC. The minimum atomic E-state index is 0.647. The van der Waals surface area contributed by atoms with E-state index in [0.29, 0.717) is 19.8 Å². The van der Waals surface area contributed by atoms with Crippen LogP contribution >= 0.6 is 0 Å². The van der Waals surface area contributed by atoms with Crippen molar-refractivity contribution in [3.63, 3.8) is 0 Å². The molecule has 0 radical (unpaired) electrons. The number of rotatable bonds is 17. The van der Waals surface area contributed by atoms with Crippen LogP contribution < -0.4 is 10.6 Å². The summed E-state index contributed by atoms with van der Waals surface area (Å²) < 4.78 is 16.5. The first-order valence-corrected chi connectivity index (χ1v) is 9.60. The van der Waals surface area contributed by atoms with Gasteiger partial charge in [-0.05, 0) is 26.2 Å². The second-order valence-electron chi connectivity index (χ2n) is 5.59. The molecule has 2 N–H and O–H groups in total. The zero-order valence-electron chi connectivity index (χ0n) is 16.1. The number of guanidine groups is 1. The van der Waals surface area contributed by atoms with Crippen molar-refractivity contribution in [2.24, 2.45) is 4.99 Å². The fourth-order valence-electron chi connectivity index (χ4n) is 1.86. The molecule has 0 bridgehead atoms. The number of hydrogen-bond acceptors (Lipinski definition) is 4. The third-order valence-electron chi connectivity index (χ3n) is 3.26. The van der Waals surface area contributed by atoms with Crippen molar-refractivity contribution in [1.29, 1.82) is 0 Å². The molecule has 6 nitrogen and oxygen atoms in total. The van der Waals surface area contributed by atoms with Crippen molar-refractivity contribution in [2.75, 3.05) is 59.3 Å². The van der Waals surface area contributed by atoms with Gasteiger partial charge in [0.05, 0.1) is 19.8 Å². The summed E-state index contributed by atoms with van der Waals surface area (Å²) in [5, 5.41) is 6.51. The number of aliphatic imine (C=N–C) groups is 1. The van der Waals surface area contributed by atoms with E-state index in [2.05, 4.69) is 36.4 Å². The first kappa shape index (κ1) is 23.1. The molecule has 0 aliphatic carbocycles. The van der Waals surface area contributed by atoms with Crippen molar-refractivity contribution < 1.29 is 14.2 Å². The van der Waals surface area contributed by atoms with Gasteiger partial charge in [0.2, 0.25) is 0 Å². The Morgan fingerprint density at radius 3 is 1.92 bits per heavy atom. The van der Waals surface area contributed by atoms with Gasteiger partial charge in [0.25, 0.3) is 0 Å². The van der Waals surface area contributed by atoms with Gasteiger partial charge in [-0.3, -0.25) is 4.99 Å². The van der Waals surface area contributed by atoms with Crippen LogP contribution in [-0.2, 0) is 14.2 Å². The van der Waals surface area contributed by atoms with Gasteiger partial charge >= 0.3 is 0 Å². The highest BCUT2D eigenvalue weighted by Crippen LogP contribution is 1.90. The fourth-order valence-corrected chi connectivity index (χ4v) is 1.86. The molecule has 0 spiro atoms. The van der Waals surface area contributed by atoms with Crippen LogP contribution in [0.4, 0.5) is 0 Å². The van der Waals surface area contributed by atoms with Crippen LogP contribution in [0, 0.1) is 0 Å². The average Bonchev–Trinajstić information content (AvgIpc) is 2.59. The maximum atomic E-state index is 5.53. The Morgan fingerprint density at radius 1 is 0.708 bits per heavy atom. The lowest BCUT2D eigenvalue weighted by molar-refractivity contribution is 0.0487. The molecule has 0 aromatic carbocycles. The summed E-state index contributed by atoms with van der Waals surface area (Å²) in [5.41, 5.74) is 0. The zero-order valence-corrected chi connectivity index (χ0v) is 16.1. The Labute approximate surface area is 148 Å². The van der Waals surface area contributed by atoms with E-state index >= 15 is 0 Å².